The van der Waals surface area contributed by atoms with Crippen LogP contribution in [0.4, 0.5) is 0 Å². The van der Waals surface area contributed by atoms with E-state index in [9.17, 15) is 9.90 Å². The van der Waals surface area contributed by atoms with Crippen LogP contribution in [0.3, 0.4) is 0 Å². The molecule has 0 radical (unpaired) electrons. The largest absolute Gasteiger partial charge is 0.491 e. The van der Waals surface area contributed by atoms with Crippen molar-refractivity contribution in [3.63, 3.8) is 0 Å². The maximum atomic E-state index is 12.8. The number of aliphatic hydroxyl groups is 1. The van der Waals surface area contributed by atoms with Gasteiger partial charge in [-0.2, -0.15) is 0 Å². The van der Waals surface area contributed by atoms with Gasteiger partial charge in [0.15, 0.2) is 5.78 Å². The standard InChI is InChI=1S/C24H35NO3S/c1-6-21-16(4)18(8-10-23(21)28-13-20(26)12-25)7-9-22(27)24-17(5)19(14-29-24)11-15(2)3/h8,10,14-15,20,26H,6-7,9,11-13,25H2,1-5H3. The van der Waals surface area contributed by atoms with Gasteiger partial charge >= 0.3 is 0 Å². The topological polar surface area (TPSA) is 72.6 Å². The van der Waals surface area contributed by atoms with Crippen LogP contribution in [-0.4, -0.2) is 30.1 Å². The molecule has 0 spiro atoms. The Hall–Kier alpha value is -1.69. The Morgan fingerprint density at radius 2 is 1.93 bits per heavy atom. The Kier molecular flexibility index (Phi) is 8.87. The van der Waals surface area contributed by atoms with Crippen LogP contribution in [-0.2, 0) is 19.3 Å². The summed E-state index contributed by atoms with van der Waals surface area (Å²) >= 11 is 1.58. The first-order valence-corrected chi connectivity index (χ1v) is 11.4. The molecule has 0 saturated heterocycles. The highest BCUT2D eigenvalue weighted by Gasteiger charge is 2.17. The number of hydrogen-bond acceptors (Lipinski definition) is 5. The molecule has 0 aliphatic heterocycles. The fourth-order valence-corrected chi connectivity index (χ4v) is 4.68. The van der Waals surface area contributed by atoms with Crippen LogP contribution in [0.5, 0.6) is 5.75 Å². The third kappa shape index (κ3) is 6.14. The van der Waals surface area contributed by atoms with Gasteiger partial charge in [0.25, 0.3) is 0 Å². The number of ketones is 1. The molecule has 1 atom stereocenters. The number of carbonyl (C=O) groups excluding carboxylic acids is 1. The van der Waals surface area contributed by atoms with Crippen molar-refractivity contribution < 1.29 is 14.6 Å². The number of benzene rings is 1. The quantitative estimate of drug-likeness (QED) is 0.523. The molecule has 0 bridgehead atoms. The van der Waals surface area contributed by atoms with E-state index in [0.29, 0.717) is 12.3 Å². The predicted molar refractivity (Wildman–Crippen MR) is 121 cm³/mol. The Morgan fingerprint density at radius 3 is 2.55 bits per heavy atom. The third-order valence-corrected chi connectivity index (χ3v) is 6.54. The molecule has 5 heteroatoms. The lowest BCUT2D eigenvalue weighted by Gasteiger charge is -2.17. The number of aliphatic hydroxyl groups excluding tert-OH is 1. The van der Waals surface area contributed by atoms with Gasteiger partial charge in [-0.1, -0.05) is 26.8 Å². The minimum atomic E-state index is -0.660. The molecule has 0 aliphatic rings. The molecule has 1 aromatic heterocycles. The van der Waals surface area contributed by atoms with Crippen molar-refractivity contribution >= 4 is 17.1 Å². The van der Waals surface area contributed by atoms with Gasteiger partial charge in [0.2, 0.25) is 0 Å². The summed E-state index contributed by atoms with van der Waals surface area (Å²) in [4.78, 5) is 13.7. The normalized spacial score (nSPS) is 12.4. The van der Waals surface area contributed by atoms with Crippen LogP contribution >= 0.6 is 11.3 Å². The third-order valence-electron chi connectivity index (χ3n) is 5.37. The van der Waals surface area contributed by atoms with Crippen molar-refractivity contribution in [2.24, 2.45) is 11.7 Å². The minimum Gasteiger partial charge on any atom is -0.491 e. The highest BCUT2D eigenvalue weighted by molar-refractivity contribution is 7.12. The molecule has 2 rings (SSSR count). The lowest BCUT2D eigenvalue weighted by molar-refractivity contribution is 0.0986. The summed E-state index contributed by atoms with van der Waals surface area (Å²) in [6.45, 7) is 11.0. The number of nitrogens with two attached hydrogens (primary N) is 1. The first-order valence-electron chi connectivity index (χ1n) is 10.5. The fourth-order valence-electron chi connectivity index (χ4n) is 3.61. The maximum absolute atomic E-state index is 12.8. The Labute approximate surface area is 179 Å². The van der Waals surface area contributed by atoms with Gasteiger partial charge in [0.1, 0.15) is 18.5 Å². The van der Waals surface area contributed by atoms with Crippen LogP contribution in [0.15, 0.2) is 17.5 Å². The Balaban J connectivity index is 2.08. The van der Waals surface area contributed by atoms with Crippen LogP contribution in [0, 0.1) is 19.8 Å². The second-order valence-corrected chi connectivity index (χ2v) is 9.00. The van der Waals surface area contributed by atoms with Crippen molar-refractivity contribution in [3.05, 3.63) is 50.2 Å². The molecule has 160 valence electrons. The SMILES string of the molecule is CCc1c(OCC(O)CN)ccc(CCC(=O)c2scc(CC(C)C)c2C)c1C. The summed E-state index contributed by atoms with van der Waals surface area (Å²) in [7, 11) is 0. The van der Waals surface area contributed by atoms with E-state index in [4.69, 9.17) is 10.5 Å². The number of rotatable bonds is 11. The molecule has 4 nitrogen and oxygen atoms in total. The lowest BCUT2D eigenvalue weighted by Crippen LogP contribution is -2.26. The van der Waals surface area contributed by atoms with Crippen molar-refractivity contribution in [1.29, 1.82) is 0 Å². The first-order chi connectivity index (χ1) is 13.8. The molecular formula is C24H35NO3S. The van der Waals surface area contributed by atoms with Gasteiger partial charge in [-0.25, -0.2) is 0 Å². The van der Waals surface area contributed by atoms with E-state index in [1.165, 1.54) is 16.7 Å². The highest BCUT2D eigenvalue weighted by atomic mass is 32.1. The zero-order chi connectivity index (χ0) is 21.6. The molecule has 0 amide bonds. The number of hydrogen-bond donors (Lipinski definition) is 2. The smallest absolute Gasteiger partial charge is 0.173 e. The molecule has 1 unspecified atom stereocenters. The molecule has 2 aromatic rings. The Bertz CT molecular complexity index is 826. The van der Waals surface area contributed by atoms with Crippen LogP contribution < -0.4 is 10.5 Å². The summed E-state index contributed by atoms with van der Waals surface area (Å²) in [6, 6.07) is 3.99. The van der Waals surface area contributed by atoms with E-state index in [1.54, 1.807) is 11.3 Å². The average Bonchev–Trinajstić information content (AvgIpc) is 3.04. The number of carbonyl (C=O) groups is 1. The van der Waals surface area contributed by atoms with Gasteiger partial charge < -0.3 is 15.6 Å². The summed E-state index contributed by atoms with van der Waals surface area (Å²) in [5, 5.41) is 11.8. The van der Waals surface area contributed by atoms with Crippen LogP contribution in [0.25, 0.3) is 0 Å². The molecule has 0 fully saturated rings. The van der Waals surface area contributed by atoms with E-state index < -0.39 is 6.10 Å². The van der Waals surface area contributed by atoms with Crippen molar-refractivity contribution in [2.75, 3.05) is 13.2 Å². The molecule has 1 aromatic carbocycles. The molecule has 0 aliphatic carbocycles. The van der Waals surface area contributed by atoms with Gasteiger partial charge in [0.05, 0.1) is 4.88 Å². The molecule has 1 heterocycles. The number of aryl methyl sites for hydroxylation is 1. The number of Topliss-reactive ketones (excluding diaryl/α,β-unsaturated/α-hetero) is 1. The summed E-state index contributed by atoms with van der Waals surface area (Å²) < 4.78 is 5.77. The zero-order valence-electron chi connectivity index (χ0n) is 18.4. The van der Waals surface area contributed by atoms with E-state index in [1.807, 2.05) is 12.1 Å². The Morgan fingerprint density at radius 1 is 1.21 bits per heavy atom. The van der Waals surface area contributed by atoms with Crippen molar-refractivity contribution in [3.8, 4) is 5.75 Å². The second-order valence-electron chi connectivity index (χ2n) is 8.12. The zero-order valence-corrected chi connectivity index (χ0v) is 19.2. The first kappa shape index (κ1) is 23.6. The number of thiophene rings is 1. The van der Waals surface area contributed by atoms with Crippen LogP contribution in [0.1, 0.15) is 64.7 Å². The maximum Gasteiger partial charge on any atom is 0.173 e. The van der Waals surface area contributed by atoms with E-state index in [0.717, 1.165) is 41.0 Å². The molecular weight excluding hydrogens is 382 g/mol. The van der Waals surface area contributed by atoms with Gasteiger partial charge in [-0.05, 0) is 78.3 Å². The van der Waals surface area contributed by atoms with E-state index in [2.05, 4.69) is 40.0 Å². The molecule has 3 N–H and O–H groups in total. The summed E-state index contributed by atoms with van der Waals surface area (Å²) in [5.41, 5.74) is 11.4. The van der Waals surface area contributed by atoms with Gasteiger partial charge in [0, 0.05) is 13.0 Å². The minimum absolute atomic E-state index is 0.182. The predicted octanol–water partition coefficient (Wildman–Crippen LogP) is 4.64. The van der Waals surface area contributed by atoms with Gasteiger partial charge in [-0.3, -0.25) is 4.79 Å². The lowest BCUT2D eigenvalue weighted by atomic mass is 9.95. The average molecular weight is 418 g/mol. The number of ether oxygens (including phenoxy) is 1. The van der Waals surface area contributed by atoms with E-state index >= 15 is 0 Å². The highest BCUT2D eigenvalue weighted by Crippen LogP contribution is 2.29. The molecule has 29 heavy (non-hydrogen) atoms. The monoisotopic (exact) mass is 417 g/mol. The molecule has 0 saturated carbocycles. The summed E-state index contributed by atoms with van der Waals surface area (Å²) in [5.74, 6) is 1.61. The summed E-state index contributed by atoms with van der Waals surface area (Å²) in [6.07, 6.45) is 2.43. The van der Waals surface area contributed by atoms with Crippen LogP contribution in [0.2, 0.25) is 0 Å². The van der Waals surface area contributed by atoms with Gasteiger partial charge in [-0.15, -0.1) is 11.3 Å². The van der Waals surface area contributed by atoms with Crippen molar-refractivity contribution in [2.45, 2.75) is 66.4 Å². The van der Waals surface area contributed by atoms with Crippen molar-refractivity contribution in [1.82, 2.24) is 0 Å². The van der Waals surface area contributed by atoms with E-state index in [-0.39, 0.29) is 18.9 Å². The second kappa shape index (κ2) is 10.9. The fraction of sp³-hybridized carbons (Fsp3) is 0.542.